The molecule has 0 saturated heterocycles. The summed E-state index contributed by atoms with van der Waals surface area (Å²) in [7, 11) is 0. The van der Waals surface area contributed by atoms with Crippen LogP contribution in [0.25, 0.3) is 0 Å². The van der Waals surface area contributed by atoms with Crippen LogP contribution in [0.2, 0.25) is 0 Å². The topological polar surface area (TPSA) is 89.4 Å². The van der Waals surface area contributed by atoms with Crippen molar-refractivity contribution >= 4 is 11.8 Å². The van der Waals surface area contributed by atoms with Crippen LogP contribution in [-0.4, -0.2) is 35.8 Å². The molecule has 5 heteroatoms. The van der Waals surface area contributed by atoms with Crippen LogP contribution in [0.15, 0.2) is 24.3 Å². The highest BCUT2D eigenvalue weighted by Crippen LogP contribution is 2.13. The smallest absolute Gasteiger partial charge is 0.255 e. The van der Waals surface area contributed by atoms with E-state index >= 15 is 0 Å². The first-order valence-corrected chi connectivity index (χ1v) is 6.34. The van der Waals surface area contributed by atoms with Gasteiger partial charge in [-0.3, -0.25) is 9.59 Å². The van der Waals surface area contributed by atoms with Gasteiger partial charge < -0.3 is 16.4 Å². The Morgan fingerprint density at radius 1 is 1.30 bits per heavy atom. The first-order valence-electron chi connectivity index (χ1n) is 6.34. The molecule has 0 aliphatic carbocycles. The fraction of sp³-hybridized carbons (Fsp3) is 0.333. The van der Waals surface area contributed by atoms with E-state index in [1.807, 2.05) is 13.8 Å². The molecule has 0 unspecified atom stereocenters. The number of nitrogens with zero attached hydrogens (tertiary/aromatic N) is 1. The normalized spacial score (nSPS) is 9.80. The molecule has 1 aromatic rings. The van der Waals surface area contributed by atoms with E-state index in [2.05, 4.69) is 11.8 Å². The van der Waals surface area contributed by atoms with E-state index in [0.29, 0.717) is 11.1 Å². The maximum absolute atomic E-state index is 12.5. The fourth-order valence-electron chi connectivity index (χ4n) is 1.74. The highest BCUT2D eigenvalue weighted by molar-refractivity contribution is 5.98. The lowest BCUT2D eigenvalue weighted by Gasteiger charge is -2.25. The molecule has 0 fully saturated rings. The zero-order chi connectivity index (χ0) is 15.1. The quantitative estimate of drug-likeness (QED) is 0.775. The van der Waals surface area contributed by atoms with Crippen LogP contribution in [0.1, 0.15) is 29.8 Å². The second kappa shape index (κ2) is 7.31. The monoisotopic (exact) mass is 273 g/mol. The Labute approximate surface area is 118 Å². The van der Waals surface area contributed by atoms with Crippen molar-refractivity contribution in [1.29, 1.82) is 0 Å². The molecule has 5 nitrogen and oxygen atoms in total. The van der Waals surface area contributed by atoms with Crippen molar-refractivity contribution < 1.29 is 9.59 Å². The predicted octanol–water partition coefficient (Wildman–Crippen LogP) is 0.333. The van der Waals surface area contributed by atoms with Crippen LogP contribution >= 0.6 is 0 Å². The number of primary amides is 1. The molecule has 2 amide bonds. The number of benzene rings is 1. The molecule has 0 radical (unpaired) electrons. The number of hydrogen-bond donors (Lipinski definition) is 2. The Balaban J connectivity index is 3.15. The Bertz CT molecular complexity index is 556. The standard InChI is InChI=1S/C15H19N3O2/c1-11(2)18(10-14(17)19)15(20)13-8-4-3-6-12(13)7-5-9-16/h3-4,6,8,11H,9-10,16H2,1-2H3,(H2,17,19). The number of hydrogen-bond acceptors (Lipinski definition) is 3. The number of carbonyl (C=O) groups excluding carboxylic acids is 2. The van der Waals surface area contributed by atoms with E-state index in [4.69, 9.17) is 11.5 Å². The third kappa shape index (κ3) is 4.11. The van der Waals surface area contributed by atoms with Gasteiger partial charge in [-0.2, -0.15) is 0 Å². The van der Waals surface area contributed by atoms with Gasteiger partial charge in [-0.1, -0.05) is 24.0 Å². The largest absolute Gasteiger partial charge is 0.368 e. The molecule has 0 atom stereocenters. The first-order chi connectivity index (χ1) is 9.47. The van der Waals surface area contributed by atoms with Crippen LogP contribution in [0.4, 0.5) is 0 Å². The van der Waals surface area contributed by atoms with Gasteiger partial charge in [0.1, 0.15) is 0 Å². The zero-order valence-electron chi connectivity index (χ0n) is 11.7. The van der Waals surface area contributed by atoms with Crippen LogP contribution in [0.3, 0.4) is 0 Å². The molecule has 0 aliphatic rings. The first kappa shape index (κ1) is 15.7. The van der Waals surface area contributed by atoms with Gasteiger partial charge in [0.2, 0.25) is 5.91 Å². The average Bonchev–Trinajstić information content (AvgIpc) is 2.41. The van der Waals surface area contributed by atoms with Crippen LogP contribution in [-0.2, 0) is 4.79 Å². The summed E-state index contributed by atoms with van der Waals surface area (Å²) in [4.78, 5) is 25.0. The summed E-state index contributed by atoms with van der Waals surface area (Å²) in [6.07, 6.45) is 0. The minimum Gasteiger partial charge on any atom is -0.368 e. The van der Waals surface area contributed by atoms with Gasteiger partial charge in [-0.15, -0.1) is 0 Å². The molecule has 0 aromatic heterocycles. The summed E-state index contributed by atoms with van der Waals surface area (Å²) in [6.45, 7) is 3.76. The van der Waals surface area contributed by atoms with Crippen molar-refractivity contribution in [3.05, 3.63) is 35.4 Å². The van der Waals surface area contributed by atoms with Crippen molar-refractivity contribution in [3.63, 3.8) is 0 Å². The lowest BCUT2D eigenvalue weighted by atomic mass is 10.1. The van der Waals surface area contributed by atoms with Gasteiger partial charge in [-0.25, -0.2) is 0 Å². The van der Waals surface area contributed by atoms with E-state index in [-0.39, 0.29) is 25.0 Å². The highest BCUT2D eigenvalue weighted by Gasteiger charge is 2.22. The maximum Gasteiger partial charge on any atom is 0.255 e. The molecule has 0 saturated carbocycles. The van der Waals surface area contributed by atoms with Gasteiger partial charge in [0.15, 0.2) is 0 Å². The molecule has 4 N–H and O–H groups in total. The average molecular weight is 273 g/mol. The molecular formula is C15H19N3O2. The van der Waals surface area contributed by atoms with Gasteiger partial charge in [0, 0.05) is 11.6 Å². The van der Waals surface area contributed by atoms with E-state index in [9.17, 15) is 9.59 Å². The summed E-state index contributed by atoms with van der Waals surface area (Å²) < 4.78 is 0. The highest BCUT2D eigenvalue weighted by atomic mass is 16.2. The molecule has 0 heterocycles. The predicted molar refractivity (Wildman–Crippen MR) is 77.7 cm³/mol. The lowest BCUT2D eigenvalue weighted by Crippen LogP contribution is -2.43. The van der Waals surface area contributed by atoms with Crippen LogP contribution in [0.5, 0.6) is 0 Å². The van der Waals surface area contributed by atoms with Crippen molar-refractivity contribution in [3.8, 4) is 11.8 Å². The van der Waals surface area contributed by atoms with Crippen LogP contribution in [0, 0.1) is 11.8 Å². The summed E-state index contributed by atoms with van der Waals surface area (Å²) >= 11 is 0. The third-order valence-corrected chi connectivity index (χ3v) is 2.69. The van der Waals surface area contributed by atoms with Crippen molar-refractivity contribution in [1.82, 2.24) is 4.90 Å². The molecular weight excluding hydrogens is 254 g/mol. The second-order valence-electron chi connectivity index (χ2n) is 4.54. The second-order valence-corrected chi connectivity index (χ2v) is 4.54. The Morgan fingerprint density at radius 3 is 2.50 bits per heavy atom. The Morgan fingerprint density at radius 2 is 1.95 bits per heavy atom. The molecule has 0 aliphatic heterocycles. The number of carbonyl (C=O) groups is 2. The summed E-state index contributed by atoms with van der Waals surface area (Å²) in [5, 5.41) is 0. The minimum absolute atomic E-state index is 0.116. The molecule has 106 valence electrons. The summed E-state index contributed by atoms with van der Waals surface area (Å²) in [5.41, 5.74) is 11.6. The molecule has 0 spiro atoms. The van der Waals surface area contributed by atoms with E-state index < -0.39 is 5.91 Å². The van der Waals surface area contributed by atoms with Crippen molar-refractivity contribution in [2.45, 2.75) is 19.9 Å². The van der Waals surface area contributed by atoms with E-state index in [0.717, 1.165) is 0 Å². The van der Waals surface area contributed by atoms with Crippen molar-refractivity contribution in [2.75, 3.05) is 13.1 Å². The number of nitrogens with two attached hydrogens (primary N) is 2. The minimum atomic E-state index is -0.544. The van der Waals surface area contributed by atoms with Gasteiger partial charge in [0.05, 0.1) is 18.7 Å². The van der Waals surface area contributed by atoms with Crippen molar-refractivity contribution in [2.24, 2.45) is 11.5 Å². The zero-order valence-corrected chi connectivity index (χ0v) is 11.7. The molecule has 1 rings (SSSR count). The number of amides is 2. The van der Waals surface area contributed by atoms with Gasteiger partial charge in [-0.05, 0) is 26.0 Å². The molecule has 0 bridgehead atoms. The lowest BCUT2D eigenvalue weighted by molar-refractivity contribution is -0.119. The Hall–Kier alpha value is -2.32. The molecule has 1 aromatic carbocycles. The van der Waals surface area contributed by atoms with Gasteiger partial charge >= 0.3 is 0 Å². The van der Waals surface area contributed by atoms with E-state index in [1.54, 1.807) is 24.3 Å². The number of rotatable bonds is 4. The van der Waals surface area contributed by atoms with Gasteiger partial charge in [0.25, 0.3) is 5.91 Å². The summed E-state index contributed by atoms with van der Waals surface area (Å²) in [5.74, 6) is 4.78. The van der Waals surface area contributed by atoms with Crippen LogP contribution < -0.4 is 11.5 Å². The molecule has 20 heavy (non-hydrogen) atoms. The Kier molecular flexibility index (Phi) is 5.75. The summed E-state index contributed by atoms with van der Waals surface area (Å²) in [6, 6.07) is 6.85. The van der Waals surface area contributed by atoms with E-state index in [1.165, 1.54) is 4.90 Å². The SMILES string of the molecule is CC(C)N(CC(N)=O)C(=O)c1ccccc1C#CCN. The maximum atomic E-state index is 12.5. The third-order valence-electron chi connectivity index (χ3n) is 2.69. The fourth-order valence-corrected chi connectivity index (χ4v) is 1.74.